The van der Waals surface area contributed by atoms with E-state index < -0.39 is 0 Å². The molecular weight excluding hydrogens is 346 g/mol. The number of rotatable bonds is 9. The number of carbonyl (C=O) groups is 2. The summed E-state index contributed by atoms with van der Waals surface area (Å²) in [7, 11) is 0. The van der Waals surface area contributed by atoms with Crippen molar-refractivity contribution in [3.8, 4) is 11.5 Å². The quantitative estimate of drug-likeness (QED) is 0.523. The topological polar surface area (TPSA) is 89.0 Å². The number of carbonyl (C=O) groups excluding carboxylic acids is 2. The summed E-state index contributed by atoms with van der Waals surface area (Å²) < 4.78 is 10.7. The van der Waals surface area contributed by atoms with E-state index in [9.17, 15) is 9.59 Å². The lowest BCUT2D eigenvalue weighted by Gasteiger charge is -2.09. The summed E-state index contributed by atoms with van der Waals surface area (Å²) in [5.74, 6) is 0.669. The smallest absolute Gasteiger partial charge is 0.277 e. The molecule has 0 aliphatic heterocycles. The van der Waals surface area contributed by atoms with Gasteiger partial charge >= 0.3 is 0 Å². The van der Waals surface area contributed by atoms with Crippen molar-refractivity contribution in [1.29, 1.82) is 0 Å². The van der Waals surface area contributed by atoms with Gasteiger partial charge in [0.25, 0.3) is 11.8 Å². The summed E-state index contributed by atoms with van der Waals surface area (Å²) in [6.45, 7) is 3.62. The average molecular weight is 369 g/mol. The fraction of sp³-hybridized carbons (Fsp3) is 0.250. The van der Waals surface area contributed by atoms with Gasteiger partial charge in [0.05, 0.1) is 6.21 Å². The van der Waals surface area contributed by atoms with Gasteiger partial charge in [-0.25, -0.2) is 5.43 Å². The Morgan fingerprint density at radius 2 is 1.52 bits per heavy atom. The number of hydrogen-bond acceptors (Lipinski definition) is 5. The number of hydrazone groups is 1. The van der Waals surface area contributed by atoms with Crippen LogP contribution in [0.4, 0.5) is 0 Å². The van der Waals surface area contributed by atoms with E-state index in [-0.39, 0.29) is 31.1 Å². The lowest BCUT2D eigenvalue weighted by molar-refractivity contribution is -0.124. The van der Waals surface area contributed by atoms with Crippen LogP contribution in [0.25, 0.3) is 0 Å². The van der Waals surface area contributed by atoms with Crippen molar-refractivity contribution >= 4 is 18.0 Å². The van der Waals surface area contributed by atoms with Gasteiger partial charge in [-0.05, 0) is 55.8 Å². The molecule has 2 amide bonds. The van der Waals surface area contributed by atoms with E-state index in [0.717, 1.165) is 5.56 Å². The van der Waals surface area contributed by atoms with Gasteiger partial charge in [-0.1, -0.05) is 18.2 Å². The Hall–Kier alpha value is -3.35. The summed E-state index contributed by atoms with van der Waals surface area (Å²) in [5.41, 5.74) is 3.17. The van der Waals surface area contributed by atoms with E-state index in [1.165, 1.54) is 6.21 Å². The summed E-state index contributed by atoms with van der Waals surface area (Å²) in [4.78, 5) is 23.2. The second-order valence-electron chi connectivity index (χ2n) is 5.97. The normalized spacial score (nSPS) is 10.6. The predicted octanol–water partition coefficient (Wildman–Crippen LogP) is 2.12. The molecule has 0 aliphatic rings. The number of nitrogens with one attached hydrogen (secondary N) is 2. The Kier molecular flexibility index (Phi) is 7.84. The highest BCUT2D eigenvalue weighted by Crippen LogP contribution is 2.11. The van der Waals surface area contributed by atoms with Crippen molar-refractivity contribution in [3.05, 3.63) is 60.2 Å². The van der Waals surface area contributed by atoms with Crippen molar-refractivity contribution < 1.29 is 19.1 Å². The standard InChI is InChI=1S/C20H23N3O4/c1-15(2)22-19(24)13-26-18-10-8-16(9-11-18)12-21-23-20(25)14-27-17-6-4-3-5-7-17/h3-12,15H,13-14H2,1-2H3,(H,22,24)(H,23,25)/b21-12+. The monoisotopic (exact) mass is 369 g/mol. The first-order valence-electron chi connectivity index (χ1n) is 8.55. The van der Waals surface area contributed by atoms with E-state index in [4.69, 9.17) is 9.47 Å². The van der Waals surface area contributed by atoms with Crippen LogP contribution in [0.2, 0.25) is 0 Å². The highest BCUT2D eigenvalue weighted by Gasteiger charge is 2.04. The van der Waals surface area contributed by atoms with E-state index in [1.807, 2.05) is 32.0 Å². The van der Waals surface area contributed by atoms with E-state index in [0.29, 0.717) is 11.5 Å². The second kappa shape index (κ2) is 10.6. The molecule has 7 nitrogen and oxygen atoms in total. The average Bonchev–Trinajstić information content (AvgIpc) is 2.66. The third kappa shape index (κ3) is 8.04. The van der Waals surface area contributed by atoms with Crippen molar-refractivity contribution in [2.45, 2.75) is 19.9 Å². The molecule has 2 aromatic rings. The molecule has 7 heteroatoms. The number of amides is 2. The van der Waals surface area contributed by atoms with Gasteiger partial charge in [0, 0.05) is 6.04 Å². The number of ether oxygens (including phenoxy) is 2. The molecule has 2 N–H and O–H groups in total. The minimum absolute atomic E-state index is 0.0386. The minimum atomic E-state index is -0.355. The summed E-state index contributed by atoms with van der Waals surface area (Å²) in [5, 5.41) is 6.63. The molecule has 2 rings (SSSR count). The fourth-order valence-electron chi connectivity index (χ4n) is 2.04. The number of para-hydroxylation sites is 1. The van der Waals surface area contributed by atoms with Gasteiger partial charge in [0.15, 0.2) is 13.2 Å². The molecule has 0 aromatic heterocycles. The second-order valence-corrected chi connectivity index (χ2v) is 5.97. The first-order chi connectivity index (χ1) is 13.0. The summed E-state index contributed by atoms with van der Waals surface area (Å²) >= 11 is 0. The van der Waals surface area contributed by atoms with Crippen LogP contribution in [0.3, 0.4) is 0 Å². The van der Waals surface area contributed by atoms with Crippen LogP contribution in [0.5, 0.6) is 11.5 Å². The van der Waals surface area contributed by atoms with Crippen molar-refractivity contribution in [3.63, 3.8) is 0 Å². The molecule has 2 aromatic carbocycles. The van der Waals surface area contributed by atoms with Crippen LogP contribution in [-0.2, 0) is 9.59 Å². The van der Waals surface area contributed by atoms with Gasteiger partial charge in [-0.3, -0.25) is 9.59 Å². The zero-order chi connectivity index (χ0) is 19.5. The molecule has 0 saturated heterocycles. The van der Waals surface area contributed by atoms with Crippen molar-refractivity contribution in [1.82, 2.24) is 10.7 Å². The van der Waals surface area contributed by atoms with Crippen LogP contribution in [0, 0.1) is 0 Å². The SMILES string of the molecule is CC(C)NC(=O)COc1ccc(/C=N/NC(=O)COc2ccccc2)cc1. The molecule has 0 heterocycles. The Morgan fingerprint density at radius 1 is 0.926 bits per heavy atom. The molecule has 0 spiro atoms. The lowest BCUT2D eigenvalue weighted by atomic mass is 10.2. The van der Waals surface area contributed by atoms with Crippen molar-refractivity contribution in [2.24, 2.45) is 5.10 Å². The fourth-order valence-corrected chi connectivity index (χ4v) is 2.04. The van der Waals surface area contributed by atoms with Crippen LogP contribution in [0.1, 0.15) is 19.4 Å². The highest BCUT2D eigenvalue weighted by molar-refractivity contribution is 5.83. The highest BCUT2D eigenvalue weighted by atomic mass is 16.5. The molecule has 0 bridgehead atoms. The zero-order valence-corrected chi connectivity index (χ0v) is 15.3. The maximum absolute atomic E-state index is 11.7. The predicted molar refractivity (Wildman–Crippen MR) is 103 cm³/mol. The lowest BCUT2D eigenvalue weighted by Crippen LogP contribution is -2.34. The van der Waals surface area contributed by atoms with Gasteiger partial charge in [-0.15, -0.1) is 0 Å². The minimum Gasteiger partial charge on any atom is -0.484 e. The van der Waals surface area contributed by atoms with Crippen molar-refractivity contribution in [2.75, 3.05) is 13.2 Å². The molecule has 142 valence electrons. The molecule has 0 radical (unpaired) electrons. The van der Waals surface area contributed by atoms with E-state index >= 15 is 0 Å². The molecule has 27 heavy (non-hydrogen) atoms. The Balaban J connectivity index is 1.72. The summed E-state index contributed by atoms with van der Waals surface area (Å²) in [6, 6.07) is 16.1. The maximum atomic E-state index is 11.7. The molecular formula is C20H23N3O4. The largest absolute Gasteiger partial charge is 0.484 e. The van der Waals surface area contributed by atoms with Gasteiger partial charge < -0.3 is 14.8 Å². The first-order valence-corrected chi connectivity index (χ1v) is 8.55. The van der Waals surface area contributed by atoms with Crippen LogP contribution in [-0.4, -0.2) is 37.3 Å². The molecule has 0 saturated carbocycles. The Bertz CT molecular complexity index is 759. The number of nitrogens with zero attached hydrogens (tertiary/aromatic N) is 1. The maximum Gasteiger partial charge on any atom is 0.277 e. The first kappa shape index (κ1) is 20.0. The number of benzene rings is 2. The summed E-state index contributed by atoms with van der Waals surface area (Å²) in [6.07, 6.45) is 1.51. The zero-order valence-electron chi connectivity index (χ0n) is 15.3. The number of hydrogen-bond donors (Lipinski definition) is 2. The van der Waals surface area contributed by atoms with Gasteiger partial charge in [0.1, 0.15) is 11.5 Å². The third-order valence-electron chi connectivity index (χ3n) is 3.22. The Labute approximate surface area is 158 Å². The van der Waals surface area contributed by atoms with E-state index in [2.05, 4.69) is 15.8 Å². The van der Waals surface area contributed by atoms with Crippen LogP contribution >= 0.6 is 0 Å². The van der Waals surface area contributed by atoms with Gasteiger partial charge in [-0.2, -0.15) is 5.10 Å². The van der Waals surface area contributed by atoms with Crippen LogP contribution in [0.15, 0.2) is 59.7 Å². The van der Waals surface area contributed by atoms with Crippen LogP contribution < -0.4 is 20.2 Å². The van der Waals surface area contributed by atoms with Gasteiger partial charge in [0.2, 0.25) is 0 Å². The molecule has 0 atom stereocenters. The Morgan fingerprint density at radius 3 is 2.15 bits per heavy atom. The molecule has 0 fully saturated rings. The van der Waals surface area contributed by atoms with E-state index in [1.54, 1.807) is 36.4 Å². The molecule has 0 aliphatic carbocycles. The molecule has 0 unspecified atom stereocenters. The third-order valence-corrected chi connectivity index (χ3v) is 3.22.